The van der Waals surface area contributed by atoms with E-state index in [-0.39, 0.29) is 0 Å². The van der Waals surface area contributed by atoms with Crippen LogP contribution in [0.1, 0.15) is 24.7 Å². The molecule has 0 aliphatic heterocycles. The summed E-state index contributed by atoms with van der Waals surface area (Å²) in [6, 6.07) is 0. The Hall–Kier alpha value is -0.380. The molecule has 1 rings (SSSR count). The largest absolute Gasteiger partial charge is 0.302 e. The molecule has 0 radical (unpaired) electrons. The monoisotopic (exact) mass is 247 g/mol. The molecule has 0 unspecified atom stereocenters. The first kappa shape index (κ1) is 12.7. The van der Waals surface area contributed by atoms with Gasteiger partial charge in [-0.1, -0.05) is 36.5 Å². The molecule has 0 saturated heterocycles. The second-order valence-corrected chi connectivity index (χ2v) is 4.40. The minimum absolute atomic E-state index is 0.480. The minimum Gasteiger partial charge on any atom is -0.302 e. The van der Waals surface area contributed by atoms with E-state index in [1.807, 2.05) is 19.0 Å². The summed E-state index contributed by atoms with van der Waals surface area (Å²) in [5.41, 5.74) is 0.850. The van der Waals surface area contributed by atoms with Gasteiger partial charge in [-0.25, -0.2) is 9.97 Å². The van der Waals surface area contributed by atoms with Crippen LogP contribution in [0.4, 0.5) is 0 Å². The van der Waals surface area contributed by atoms with Crippen LogP contribution < -0.4 is 0 Å². The van der Waals surface area contributed by atoms with Gasteiger partial charge in [0.05, 0.1) is 6.54 Å². The van der Waals surface area contributed by atoms with Gasteiger partial charge in [0.1, 0.15) is 16.1 Å². The van der Waals surface area contributed by atoms with Crippen LogP contribution in [0.2, 0.25) is 10.3 Å². The van der Waals surface area contributed by atoms with Gasteiger partial charge < -0.3 is 4.90 Å². The number of hydrogen-bond donors (Lipinski definition) is 0. The van der Waals surface area contributed by atoms with E-state index in [9.17, 15) is 0 Å². The lowest BCUT2D eigenvalue weighted by Gasteiger charge is -2.10. The first-order valence-electron chi connectivity index (χ1n) is 4.90. The van der Waals surface area contributed by atoms with Gasteiger partial charge in [0.25, 0.3) is 0 Å². The summed E-state index contributed by atoms with van der Waals surface area (Å²) in [5, 5.41) is 0.961. The highest BCUT2D eigenvalue weighted by Gasteiger charge is 2.10. The summed E-state index contributed by atoms with van der Waals surface area (Å²) in [7, 11) is 3.90. The molecule has 0 aliphatic carbocycles. The van der Waals surface area contributed by atoms with Crippen molar-refractivity contribution in [2.24, 2.45) is 0 Å². The molecule has 1 aromatic heterocycles. The summed E-state index contributed by atoms with van der Waals surface area (Å²) in [6.45, 7) is 2.71. The predicted molar refractivity (Wildman–Crippen MR) is 63.4 cm³/mol. The predicted octanol–water partition coefficient (Wildman–Crippen LogP) is 2.80. The molecule has 3 nitrogen and oxygen atoms in total. The van der Waals surface area contributed by atoms with Crippen molar-refractivity contribution in [1.29, 1.82) is 0 Å². The van der Waals surface area contributed by atoms with Gasteiger partial charge in [-0.3, -0.25) is 0 Å². The van der Waals surface area contributed by atoms with Gasteiger partial charge in [0, 0.05) is 5.56 Å². The normalized spacial score (nSPS) is 11.1. The fourth-order valence-corrected chi connectivity index (χ4v) is 1.89. The standard InChI is InChI=1S/C10H15Cl2N3/c1-4-5-7-9(11)13-8(6-15(2)3)14-10(7)12/h4-6H2,1-3H3. The van der Waals surface area contributed by atoms with E-state index in [0.29, 0.717) is 22.7 Å². The van der Waals surface area contributed by atoms with Crippen LogP contribution in [0, 0.1) is 0 Å². The molecule has 0 amide bonds. The second-order valence-electron chi connectivity index (χ2n) is 3.69. The molecule has 0 aromatic carbocycles. The summed E-state index contributed by atoms with van der Waals surface area (Å²) in [4.78, 5) is 10.4. The van der Waals surface area contributed by atoms with Gasteiger partial charge in [-0.15, -0.1) is 0 Å². The lowest BCUT2D eigenvalue weighted by atomic mass is 10.2. The van der Waals surface area contributed by atoms with Gasteiger partial charge in [-0.2, -0.15) is 0 Å². The van der Waals surface area contributed by atoms with Crippen LogP contribution in [0.3, 0.4) is 0 Å². The Morgan fingerprint density at radius 1 is 1.13 bits per heavy atom. The van der Waals surface area contributed by atoms with Crippen molar-refractivity contribution < 1.29 is 0 Å². The highest BCUT2D eigenvalue weighted by Crippen LogP contribution is 2.22. The number of rotatable bonds is 4. The topological polar surface area (TPSA) is 29.0 Å². The van der Waals surface area contributed by atoms with Crippen molar-refractivity contribution in [3.63, 3.8) is 0 Å². The van der Waals surface area contributed by atoms with Crippen molar-refractivity contribution in [2.45, 2.75) is 26.3 Å². The average Bonchev–Trinajstić information content (AvgIpc) is 2.10. The molecular formula is C10H15Cl2N3. The van der Waals surface area contributed by atoms with Crippen LogP contribution >= 0.6 is 23.2 Å². The molecule has 0 bridgehead atoms. The number of halogens is 2. The molecule has 84 valence electrons. The van der Waals surface area contributed by atoms with Crippen LogP contribution in [0.15, 0.2) is 0 Å². The molecule has 0 saturated carbocycles. The lowest BCUT2D eigenvalue weighted by Crippen LogP contribution is -2.14. The molecule has 5 heteroatoms. The van der Waals surface area contributed by atoms with E-state index in [2.05, 4.69) is 16.9 Å². The second kappa shape index (κ2) is 5.64. The third-order valence-electron chi connectivity index (χ3n) is 1.91. The molecule has 1 heterocycles. The van der Waals surface area contributed by atoms with Gasteiger partial charge >= 0.3 is 0 Å². The lowest BCUT2D eigenvalue weighted by molar-refractivity contribution is 0.390. The zero-order valence-corrected chi connectivity index (χ0v) is 10.7. The molecule has 0 fully saturated rings. The summed E-state index contributed by atoms with van der Waals surface area (Å²) >= 11 is 12.1. The Balaban J connectivity index is 2.97. The van der Waals surface area contributed by atoms with Crippen LogP contribution in [-0.2, 0) is 13.0 Å². The SMILES string of the molecule is CCCc1c(Cl)nc(CN(C)C)nc1Cl. The minimum atomic E-state index is 0.480. The Morgan fingerprint density at radius 2 is 1.67 bits per heavy atom. The van der Waals surface area contributed by atoms with Gasteiger partial charge in [-0.05, 0) is 20.5 Å². The van der Waals surface area contributed by atoms with Gasteiger partial charge in [0.15, 0.2) is 0 Å². The van der Waals surface area contributed by atoms with E-state index >= 15 is 0 Å². The quantitative estimate of drug-likeness (QED) is 0.767. The highest BCUT2D eigenvalue weighted by atomic mass is 35.5. The summed E-state index contributed by atoms with van der Waals surface area (Å²) in [6.07, 6.45) is 1.80. The molecule has 0 atom stereocenters. The van der Waals surface area contributed by atoms with Crippen LogP contribution in [0.5, 0.6) is 0 Å². The Bertz CT molecular complexity index is 316. The molecule has 15 heavy (non-hydrogen) atoms. The van der Waals surface area contributed by atoms with Crippen molar-refractivity contribution in [1.82, 2.24) is 14.9 Å². The van der Waals surface area contributed by atoms with E-state index in [1.54, 1.807) is 0 Å². The van der Waals surface area contributed by atoms with Gasteiger partial charge in [0.2, 0.25) is 0 Å². The van der Waals surface area contributed by atoms with Crippen LogP contribution in [-0.4, -0.2) is 29.0 Å². The fourth-order valence-electron chi connectivity index (χ4n) is 1.28. The van der Waals surface area contributed by atoms with Crippen molar-refractivity contribution >= 4 is 23.2 Å². The first-order chi connectivity index (χ1) is 7.04. The molecule has 0 aliphatic rings. The Kier molecular flexibility index (Phi) is 4.77. The van der Waals surface area contributed by atoms with Crippen LogP contribution in [0.25, 0.3) is 0 Å². The zero-order chi connectivity index (χ0) is 11.4. The van der Waals surface area contributed by atoms with Crippen molar-refractivity contribution in [3.8, 4) is 0 Å². The average molecular weight is 248 g/mol. The number of aromatic nitrogens is 2. The number of nitrogens with zero attached hydrogens (tertiary/aromatic N) is 3. The van der Waals surface area contributed by atoms with E-state index in [1.165, 1.54) is 0 Å². The molecule has 1 aromatic rings. The highest BCUT2D eigenvalue weighted by molar-refractivity contribution is 6.34. The zero-order valence-electron chi connectivity index (χ0n) is 9.22. The molecule has 0 N–H and O–H groups in total. The van der Waals surface area contributed by atoms with E-state index < -0.39 is 0 Å². The Labute approximate surface area is 100 Å². The Morgan fingerprint density at radius 3 is 2.07 bits per heavy atom. The van der Waals surface area contributed by atoms with Crippen molar-refractivity contribution in [2.75, 3.05) is 14.1 Å². The maximum Gasteiger partial charge on any atom is 0.145 e. The van der Waals surface area contributed by atoms with E-state index in [4.69, 9.17) is 23.2 Å². The number of hydrogen-bond acceptors (Lipinski definition) is 3. The maximum absolute atomic E-state index is 6.04. The summed E-state index contributed by atoms with van der Waals surface area (Å²) in [5.74, 6) is 0.662. The summed E-state index contributed by atoms with van der Waals surface area (Å²) < 4.78 is 0. The maximum atomic E-state index is 6.04. The third kappa shape index (κ3) is 3.59. The fraction of sp³-hybridized carbons (Fsp3) is 0.600. The van der Waals surface area contributed by atoms with Crippen molar-refractivity contribution in [3.05, 3.63) is 21.7 Å². The molecule has 0 spiro atoms. The first-order valence-corrected chi connectivity index (χ1v) is 5.65. The third-order valence-corrected chi connectivity index (χ3v) is 2.54. The van der Waals surface area contributed by atoms with E-state index in [0.717, 1.165) is 18.4 Å². The molecular weight excluding hydrogens is 233 g/mol. The smallest absolute Gasteiger partial charge is 0.145 e.